The maximum Gasteiger partial charge on any atom is 0.413 e. The molecular formula is C49H75NO12. The van der Waals surface area contributed by atoms with Crippen LogP contribution in [0.1, 0.15) is 133 Å². The van der Waals surface area contributed by atoms with E-state index in [9.17, 15) is 29.7 Å². The highest BCUT2D eigenvalue weighted by Crippen LogP contribution is 2.54. The summed E-state index contributed by atoms with van der Waals surface area (Å²) in [5.41, 5.74) is -1.76. The van der Waals surface area contributed by atoms with Gasteiger partial charge in [-0.25, -0.2) is 4.79 Å². The van der Waals surface area contributed by atoms with Crippen LogP contribution < -0.4 is 10.1 Å². The first kappa shape index (κ1) is 48.5. The number of amides is 1. The molecule has 0 radical (unpaired) electrons. The maximum atomic E-state index is 14.7. The monoisotopic (exact) mass is 870 g/mol. The second-order valence-corrected chi connectivity index (χ2v) is 19.8. The molecule has 62 heavy (non-hydrogen) atoms. The van der Waals surface area contributed by atoms with Crippen LogP contribution in [-0.4, -0.2) is 98.6 Å². The molecule has 5 aliphatic heterocycles. The van der Waals surface area contributed by atoms with Gasteiger partial charge in [0.25, 0.3) is 0 Å². The molecule has 5 heterocycles. The zero-order valence-electron chi connectivity index (χ0n) is 38.7. The van der Waals surface area contributed by atoms with Crippen LogP contribution in [0.15, 0.2) is 42.5 Å². The number of benzene rings is 1. The van der Waals surface area contributed by atoms with Gasteiger partial charge in [-0.15, -0.1) is 0 Å². The summed E-state index contributed by atoms with van der Waals surface area (Å²) < 4.78 is 40.1. The third-order valence-electron chi connectivity index (χ3n) is 15.7. The Morgan fingerprint density at radius 3 is 2.21 bits per heavy atom. The Kier molecular flexibility index (Phi) is 15.1. The fraction of sp³-hybridized carbons (Fsp3) is 0.776. The number of carbonyl (C=O) groups excluding carboxylic acids is 2. The molecule has 348 valence electrons. The lowest BCUT2D eigenvalue weighted by atomic mass is 9.72. The number of aliphatic hydroxyl groups excluding tert-OH is 1. The summed E-state index contributed by atoms with van der Waals surface area (Å²) in [7, 11) is 0. The lowest BCUT2D eigenvalue weighted by Gasteiger charge is -2.55. The quantitative estimate of drug-likeness (QED) is 0.133. The van der Waals surface area contributed by atoms with Crippen molar-refractivity contribution in [1.82, 2.24) is 5.32 Å². The first-order valence-corrected chi connectivity index (χ1v) is 23.5. The Hall–Kier alpha value is -2.91. The van der Waals surface area contributed by atoms with Gasteiger partial charge in [0.15, 0.2) is 11.6 Å². The zero-order valence-corrected chi connectivity index (χ0v) is 38.7. The molecule has 1 amide bonds. The first-order valence-electron chi connectivity index (χ1n) is 23.5. The highest BCUT2D eigenvalue weighted by Gasteiger charge is 2.63. The van der Waals surface area contributed by atoms with E-state index in [1.54, 1.807) is 31.2 Å². The minimum atomic E-state index is -1.40. The third-order valence-corrected chi connectivity index (χ3v) is 15.7. The van der Waals surface area contributed by atoms with Crippen LogP contribution in [0.4, 0.5) is 4.79 Å². The van der Waals surface area contributed by atoms with Crippen molar-refractivity contribution in [2.24, 2.45) is 41.4 Å². The molecule has 1 aromatic carbocycles. The Balaban J connectivity index is 1.24. The van der Waals surface area contributed by atoms with Crippen LogP contribution in [0.3, 0.4) is 0 Å². The molecule has 0 saturated carbocycles. The Labute approximate surface area is 369 Å². The highest BCUT2D eigenvalue weighted by molar-refractivity contribution is 5.84. The molecule has 0 aliphatic carbocycles. The van der Waals surface area contributed by atoms with Crippen LogP contribution in [0, 0.1) is 41.4 Å². The fourth-order valence-corrected chi connectivity index (χ4v) is 11.4. The topological polar surface area (TPSA) is 179 Å². The molecule has 13 nitrogen and oxygen atoms in total. The minimum Gasteiger partial charge on any atom is -0.481 e. The molecule has 0 aromatic heterocycles. The van der Waals surface area contributed by atoms with Crippen molar-refractivity contribution in [3.05, 3.63) is 42.5 Å². The standard InChI is InChI=1S/C49H75NO12/c1-11-35(44(53)54)37-20-19-28(4)42(59-37)32(8)40(51)31(7)41(52)36(12-2)43-29(5)27-30(6)48(60-43)24-21-38(50-45(55)58-34-17-15-14-16-18-34)49(62-48)26-25-46(10,61-49)39-22-23-47(56,13-3)33(9)57-39/h14-18,21,24,28-33,35-40,42-43,51,56H,11-13,19-20,22-23,25-27H2,1-10H3,(H,50,55)(H,53,54)/t28-,29-,30+,31-,32-,33-,35+,36-,37+,38-,39+,40+,42+,43-,46-,47+,48-,49-/m0/s1. The van der Waals surface area contributed by atoms with Gasteiger partial charge in [-0.1, -0.05) is 79.7 Å². The lowest BCUT2D eigenvalue weighted by Crippen LogP contribution is -2.66. The highest BCUT2D eigenvalue weighted by atomic mass is 16.8. The van der Waals surface area contributed by atoms with Crippen LogP contribution in [0.2, 0.25) is 0 Å². The van der Waals surface area contributed by atoms with Gasteiger partial charge < -0.3 is 49.1 Å². The van der Waals surface area contributed by atoms with Gasteiger partial charge in [0.2, 0.25) is 0 Å². The van der Waals surface area contributed by atoms with Gasteiger partial charge in [-0.3, -0.25) is 9.59 Å². The van der Waals surface area contributed by atoms with E-state index in [1.807, 2.05) is 59.8 Å². The molecule has 0 unspecified atom stereocenters. The van der Waals surface area contributed by atoms with Crippen molar-refractivity contribution in [3.63, 3.8) is 0 Å². The minimum absolute atomic E-state index is 0.0374. The maximum absolute atomic E-state index is 14.7. The van der Waals surface area contributed by atoms with Crippen molar-refractivity contribution >= 4 is 17.8 Å². The molecule has 4 fully saturated rings. The van der Waals surface area contributed by atoms with Crippen LogP contribution >= 0.6 is 0 Å². The van der Waals surface area contributed by atoms with E-state index in [2.05, 4.69) is 26.1 Å². The molecule has 4 N–H and O–H groups in total. The molecule has 1 aromatic rings. The fourth-order valence-electron chi connectivity index (χ4n) is 11.4. The Morgan fingerprint density at radius 1 is 0.887 bits per heavy atom. The van der Waals surface area contributed by atoms with Gasteiger partial charge in [0.1, 0.15) is 17.6 Å². The van der Waals surface area contributed by atoms with Crippen molar-refractivity contribution in [3.8, 4) is 5.75 Å². The predicted molar refractivity (Wildman–Crippen MR) is 232 cm³/mol. The van der Waals surface area contributed by atoms with E-state index in [1.165, 1.54) is 0 Å². The van der Waals surface area contributed by atoms with E-state index in [4.69, 9.17) is 28.4 Å². The normalized spacial score (nSPS) is 40.9. The van der Waals surface area contributed by atoms with Gasteiger partial charge in [-0.2, -0.15) is 0 Å². The average molecular weight is 870 g/mol. The molecule has 6 rings (SSSR count). The van der Waals surface area contributed by atoms with Crippen molar-refractivity contribution < 1.29 is 58.1 Å². The van der Waals surface area contributed by atoms with E-state index in [0.29, 0.717) is 63.5 Å². The van der Waals surface area contributed by atoms with E-state index in [0.717, 1.165) is 6.42 Å². The van der Waals surface area contributed by atoms with Gasteiger partial charge in [-0.05, 0) is 102 Å². The van der Waals surface area contributed by atoms with Crippen LogP contribution in [0.5, 0.6) is 5.75 Å². The summed E-state index contributed by atoms with van der Waals surface area (Å²) in [6, 6.07) is 8.04. The largest absolute Gasteiger partial charge is 0.481 e. The molecule has 4 saturated heterocycles. The summed E-state index contributed by atoms with van der Waals surface area (Å²) in [4.78, 5) is 40.2. The molecular weight excluding hydrogens is 795 g/mol. The molecule has 18 atom stereocenters. The Bertz CT molecular complexity index is 1740. The number of aliphatic hydroxyl groups is 2. The number of carbonyl (C=O) groups is 3. The lowest BCUT2D eigenvalue weighted by molar-refractivity contribution is -0.398. The third kappa shape index (κ3) is 9.56. The first-order chi connectivity index (χ1) is 29.3. The molecule has 0 bridgehead atoms. The predicted octanol–water partition coefficient (Wildman–Crippen LogP) is 7.98. The summed E-state index contributed by atoms with van der Waals surface area (Å²) in [6.07, 6.45) is 5.51. The number of carboxylic acids is 1. The summed E-state index contributed by atoms with van der Waals surface area (Å²) in [5, 5.41) is 36.0. The molecule has 13 heteroatoms. The smallest absolute Gasteiger partial charge is 0.413 e. The van der Waals surface area contributed by atoms with Crippen molar-refractivity contribution in [2.75, 3.05) is 0 Å². The van der Waals surface area contributed by atoms with Crippen LogP contribution in [0.25, 0.3) is 0 Å². The van der Waals surface area contributed by atoms with Crippen molar-refractivity contribution in [2.45, 2.75) is 199 Å². The second kappa shape index (κ2) is 19.3. The number of para-hydroxylation sites is 1. The van der Waals surface area contributed by atoms with Gasteiger partial charge in [0.05, 0.1) is 53.7 Å². The number of carboxylic acid groups (broad SMARTS) is 1. The van der Waals surface area contributed by atoms with Gasteiger partial charge >= 0.3 is 12.1 Å². The van der Waals surface area contributed by atoms with E-state index < -0.39 is 95.1 Å². The molecule has 2 spiro atoms. The number of Topliss-reactive ketones (excluding diaryl/α,β-unsaturated/α-hetero) is 1. The number of aliphatic carboxylic acids is 1. The molecule has 5 aliphatic rings. The second-order valence-electron chi connectivity index (χ2n) is 19.8. The number of rotatable bonds is 14. The number of hydrogen-bond acceptors (Lipinski definition) is 11. The van der Waals surface area contributed by atoms with E-state index >= 15 is 0 Å². The number of ketones is 1. The van der Waals surface area contributed by atoms with Crippen molar-refractivity contribution in [1.29, 1.82) is 0 Å². The number of nitrogens with one attached hydrogen (secondary N) is 1. The summed E-state index contributed by atoms with van der Waals surface area (Å²) >= 11 is 0. The Morgan fingerprint density at radius 2 is 1.58 bits per heavy atom. The zero-order chi connectivity index (χ0) is 45.4. The summed E-state index contributed by atoms with van der Waals surface area (Å²) in [6.45, 7) is 19.6. The van der Waals surface area contributed by atoms with Gasteiger partial charge in [0, 0.05) is 30.1 Å². The average Bonchev–Trinajstić information content (AvgIpc) is 3.59. The number of hydrogen-bond donors (Lipinski definition) is 4. The SMILES string of the molecule is CC[C@@H](C(=O)[C@@H](C)[C@@H](O)[C@H](C)[C@@H]1O[C@@H]([C@@H](CC)C(=O)O)CC[C@@H]1C)[C@H]1O[C@]2(C=C[C@H](NC(=O)Oc3ccccc3)[C@]3(CC[C@@](C)([C@H]4CC[C@](O)(CC)[C@H](C)O4)O3)O2)[C@H](C)C[C@@H]1C. The summed E-state index contributed by atoms with van der Waals surface area (Å²) in [5.74, 6) is -5.83. The van der Waals surface area contributed by atoms with E-state index in [-0.39, 0.29) is 29.6 Å². The van der Waals surface area contributed by atoms with Crippen LogP contribution in [-0.2, 0) is 33.3 Å². The number of ether oxygens (including phenoxy) is 6.